The SMILES string of the molecule is Cc1nc2ccccn2c1/C=C1\C(=O)N(C)c2ccccc21. The Kier molecular flexibility index (Phi) is 2.66. The van der Waals surface area contributed by atoms with E-state index in [-0.39, 0.29) is 5.91 Å². The van der Waals surface area contributed by atoms with Crippen LogP contribution >= 0.6 is 0 Å². The van der Waals surface area contributed by atoms with Crippen molar-refractivity contribution in [2.45, 2.75) is 6.92 Å². The maximum Gasteiger partial charge on any atom is 0.258 e. The van der Waals surface area contributed by atoms with E-state index >= 15 is 0 Å². The maximum atomic E-state index is 12.6. The number of carbonyl (C=O) groups is 1. The summed E-state index contributed by atoms with van der Waals surface area (Å²) in [7, 11) is 1.81. The zero-order valence-electron chi connectivity index (χ0n) is 12.4. The van der Waals surface area contributed by atoms with Crippen molar-refractivity contribution in [2.75, 3.05) is 11.9 Å². The predicted octanol–water partition coefficient (Wildman–Crippen LogP) is 3.16. The number of amides is 1. The summed E-state index contributed by atoms with van der Waals surface area (Å²) in [6.07, 6.45) is 3.91. The monoisotopic (exact) mass is 289 g/mol. The number of aryl methyl sites for hydroxylation is 1. The van der Waals surface area contributed by atoms with E-state index in [2.05, 4.69) is 4.98 Å². The summed E-state index contributed by atoms with van der Waals surface area (Å²) in [6, 6.07) is 13.8. The van der Waals surface area contributed by atoms with Gasteiger partial charge in [0.2, 0.25) is 0 Å². The average Bonchev–Trinajstić information content (AvgIpc) is 2.98. The lowest BCUT2D eigenvalue weighted by atomic mass is 10.1. The second-order valence-electron chi connectivity index (χ2n) is 5.45. The minimum Gasteiger partial charge on any atom is -0.311 e. The third-order valence-corrected chi connectivity index (χ3v) is 4.12. The van der Waals surface area contributed by atoms with Crippen LogP contribution in [0.4, 0.5) is 5.69 Å². The Morgan fingerprint density at radius 1 is 1.09 bits per heavy atom. The quantitative estimate of drug-likeness (QED) is 0.645. The Bertz CT molecular complexity index is 936. The van der Waals surface area contributed by atoms with Crippen LogP contribution in [0, 0.1) is 6.92 Å². The number of pyridine rings is 1. The van der Waals surface area contributed by atoms with Crippen molar-refractivity contribution < 1.29 is 4.79 Å². The lowest BCUT2D eigenvalue weighted by molar-refractivity contribution is -0.112. The van der Waals surface area contributed by atoms with Crippen LogP contribution in [-0.2, 0) is 4.79 Å². The largest absolute Gasteiger partial charge is 0.311 e. The smallest absolute Gasteiger partial charge is 0.258 e. The van der Waals surface area contributed by atoms with Gasteiger partial charge in [-0.25, -0.2) is 4.98 Å². The van der Waals surface area contributed by atoms with E-state index < -0.39 is 0 Å². The summed E-state index contributed by atoms with van der Waals surface area (Å²) in [4.78, 5) is 18.8. The number of rotatable bonds is 1. The van der Waals surface area contributed by atoms with E-state index in [4.69, 9.17) is 0 Å². The molecule has 4 nitrogen and oxygen atoms in total. The number of hydrogen-bond acceptors (Lipinski definition) is 2. The van der Waals surface area contributed by atoms with Crippen LogP contribution in [0.25, 0.3) is 17.3 Å². The third kappa shape index (κ3) is 1.70. The van der Waals surface area contributed by atoms with E-state index in [1.807, 2.05) is 73.1 Å². The van der Waals surface area contributed by atoms with Crippen LogP contribution in [0.3, 0.4) is 0 Å². The molecular weight excluding hydrogens is 274 g/mol. The standard InChI is InChI=1S/C18H15N3O/c1-12-16(21-10-6-5-9-17(21)19-12)11-14-13-7-3-4-8-15(13)20(2)18(14)22/h3-11H,1-2H3/b14-11-. The zero-order chi connectivity index (χ0) is 15.3. The summed E-state index contributed by atoms with van der Waals surface area (Å²) < 4.78 is 2.01. The summed E-state index contributed by atoms with van der Waals surface area (Å²) in [5.41, 5.74) is 5.39. The molecule has 0 N–H and O–H groups in total. The van der Waals surface area contributed by atoms with E-state index in [1.54, 1.807) is 4.90 Å². The normalized spacial score (nSPS) is 15.8. The minimum absolute atomic E-state index is 0.0199. The molecule has 2 aromatic heterocycles. The molecular formula is C18H15N3O. The number of imidazole rings is 1. The molecule has 1 aromatic carbocycles. The molecule has 3 heterocycles. The van der Waals surface area contributed by atoms with Crippen molar-refractivity contribution >= 4 is 28.9 Å². The highest BCUT2D eigenvalue weighted by atomic mass is 16.2. The van der Waals surface area contributed by atoms with E-state index in [9.17, 15) is 4.79 Å². The van der Waals surface area contributed by atoms with Crippen LogP contribution in [0.1, 0.15) is 17.0 Å². The van der Waals surface area contributed by atoms with Crippen LogP contribution in [-0.4, -0.2) is 22.3 Å². The molecule has 0 fully saturated rings. The van der Waals surface area contributed by atoms with Gasteiger partial charge in [0.15, 0.2) is 0 Å². The fraction of sp³-hybridized carbons (Fsp3) is 0.111. The fourth-order valence-corrected chi connectivity index (χ4v) is 2.98. The Hall–Kier alpha value is -2.88. The molecule has 0 aliphatic carbocycles. The van der Waals surface area contributed by atoms with Gasteiger partial charge in [-0.15, -0.1) is 0 Å². The molecule has 1 amide bonds. The Labute approximate surface area is 128 Å². The molecule has 108 valence electrons. The number of aromatic nitrogens is 2. The van der Waals surface area contributed by atoms with Crippen LogP contribution in [0.15, 0.2) is 48.7 Å². The molecule has 0 atom stereocenters. The Morgan fingerprint density at radius 2 is 1.86 bits per heavy atom. The van der Waals surface area contributed by atoms with E-state index in [0.29, 0.717) is 5.57 Å². The number of nitrogens with zero attached hydrogens (tertiary/aromatic N) is 3. The molecule has 1 aliphatic rings. The highest BCUT2D eigenvalue weighted by Gasteiger charge is 2.29. The molecule has 0 bridgehead atoms. The second kappa shape index (κ2) is 4.56. The fourth-order valence-electron chi connectivity index (χ4n) is 2.98. The first-order chi connectivity index (χ1) is 10.7. The van der Waals surface area contributed by atoms with Gasteiger partial charge < -0.3 is 4.90 Å². The topological polar surface area (TPSA) is 37.6 Å². The van der Waals surface area contributed by atoms with Gasteiger partial charge in [-0.1, -0.05) is 24.3 Å². The molecule has 0 spiro atoms. The van der Waals surface area contributed by atoms with Gasteiger partial charge in [-0.05, 0) is 31.2 Å². The molecule has 0 radical (unpaired) electrons. The molecule has 4 rings (SSSR count). The summed E-state index contributed by atoms with van der Waals surface area (Å²) in [5.74, 6) is 0.0199. The Balaban J connectivity index is 1.96. The maximum absolute atomic E-state index is 12.6. The number of benzene rings is 1. The highest BCUT2D eigenvalue weighted by molar-refractivity contribution is 6.35. The first-order valence-corrected chi connectivity index (χ1v) is 7.19. The van der Waals surface area contributed by atoms with Gasteiger partial charge in [0.1, 0.15) is 5.65 Å². The summed E-state index contributed by atoms with van der Waals surface area (Å²) >= 11 is 0. The van der Waals surface area contributed by atoms with Crippen LogP contribution in [0.2, 0.25) is 0 Å². The zero-order valence-corrected chi connectivity index (χ0v) is 12.4. The van der Waals surface area contributed by atoms with Crippen molar-refractivity contribution in [3.63, 3.8) is 0 Å². The van der Waals surface area contributed by atoms with E-state index in [0.717, 1.165) is 28.3 Å². The van der Waals surface area contributed by atoms with Gasteiger partial charge in [-0.3, -0.25) is 9.20 Å². The second-order valence-corrected chi connectivity index (χ2v) is 5.45. The number of carbonyl (C=O) groups excluding carboxylic acids is 1. The predicted molar refractivity (Wildman–Crippen MR) is 87.7 cm³/mol. The molecule has 4 heteroatoms. The van der Waals surface area contributed by atoms with Crippen molar-refractivity contribution in [2.24, 2.45) is 0 Å². The number of likely N-dealkylation sites (N-methyl/N-ethyl adjacent to an activating group) is 1. The lowest BCUT2D eigenvalue weighted by Crippen LogP contribution is -2.20. The summed E-state index contributed by atoms with van der Waals surface area (Å²) in [6.45, 7) is 1.97. The number of fused-ring (bicyclic) bond motifs is 2. The highest BCUT2D eigenvalue weighted by Crippen LogP contribution is 2.36. The van der Waals surface area contributed by atoms with Gasteiger partial charge in [0, 0.05) is 18.8 Å². The van der Waals surface area contributed by atoms with Crippen molar-refractivity contribution in [3.8, 4) is 0 Å². The minimum atomic E-state index is 0.0199. The molecule has 0 saturated carbocycles. The molecule has 0 unspecified atom stereocenters. The molecule has 3 aromatic rings. The van der Waals surface area contributed by atoms with Gasteiger partial charge >= 0.3 is 0 Å². The van der Waals surface area contributed by atoms with E-state index in [1.165, 1.54) is 0 Å². The number of para-hydroxylation sites is 1. The van der Waals surface area contributed by atoms with Crippen molar-refractivity contribution in [1.82, 2.24) is 9.38 Å². The molecule has 1 aliphatic heterocycles. The van der Waals surface area contributed by atoms with Crippen LogP contribution < -0.4 is 4.90 Å². The Morgan fingerprint density at radius 3 is 2.73 bits per heavy atom. The van der Waals surface area contributed by atoms with Gasteiger partial charge in [0.05, 0.1) is 22.6 Å². The average molecular weight is 289 g/mol. The number of hydrogen-bond donors (Lipinski definition) is 0. The van der Waals surface area contributed by atoms with Crippen LogP contribution in [0.5, 0.6) is 0 Å². The van der Waals surface area contributed by atoms with Gasteiger partial charge in [0.25, 0.3) is 5.91 Å². The molecule has 0 saturated heterocycles. The first-order valence-electron chi connectivity index (χ1n) is 7.19. The third-order valence-electron chi connectivity index (χ3n) is 4.12. The van der Waals surface area contributed by atoms with Crippen molar-refractivity contribution in [1.29, 1.82) is 0 Å². The number of anilines is 1. The van der Waals surface area contributed by atoms with Crippen molar-refractivity contribution in [3.05, 3.63) is 65.6 Å². The molecule has 22 heavy (non-hydrogen) atoms. The lowest BCUT2D eigenvalue weighted by Gasteiger charge is -2.07. The summed E-state index contributed by atoms with van der Waals surface area (Å²) in [5, 5.41) is 0. The first kappa shape index (κ1) is 12.8. The van der Waals surface area contributed by atoms with Gasteiger partial charge in [-0.2, -0.15) is 0 Å².